The first-order chi connectivity index (χ1) is 43.2. The van der Waals surface area contributed by atoms with Crippen LogP contribution in [-0.4, -0.2) is 96.7 Å². The molecule has 0 spiro atoms. The number of hydrogen-bond acceptors (Lipinski definition) is 15. The van der Waals surface area contributed by atoms with Gasteiger partial charge in [0, 0.05) is 25.7 Å². The molecule has 0 aromatic rings. The van der Waals surface area contributed by atoms with Crippen molar-refractivity contribution >= 4 is 39.5 Å². The Balaban J connectivity index is 5.14. The Hall–Kier alpha value is -1.94. The summed E-state index contributed by atoms with van der Waals surface area (Å²) in [5.74, 6) is -2.13. The molecule has 0 aliphatic carbocycles. The smallest absolute Gasteiger partial charge is 0.462 e. The average molecular weight is 1310 g/mol. The van der Waals surface area contributed by atoms with E-state index >= 15 is 0 Å². The van der Waals surface area contributed by atoms with Crippen LogP contribution in [-0.2, 0) is 65.4 Å². The highest BCUT2D eigenvalue weighted by Crippen LogP contribution is 2.45. The van der Waals surface area contributed by atoms with Crippen molar-refractivity contribution in [2.45, 2.75) is 386 Å². The topological polar surface area (TPSA) is 237 Å². The Kier molecular flexibility index (Phi) is 63.3. The molecule has 19 heteroatoms. The normalized spacial score (nSPS) is 14.0. The molecule has 0 aliphatic rings. The molecule has 0 radical (unpaired) electrons. The molecule has 3 N–H and O–H groups in total. The van der Waals surface area contributed by atoms with Crippen LogP contribution in [0.1, 0.15) is 368 Å². The molecule has 5 atom stereocenters. The number of phosphoric acid groups is 2. The van der Waals surface area contributed by atoms with Crippen LogP contribution in [0, 0.1) is 0 Å². The molecule has 0 rings (SSSR count). The summed E-state index contributed by atoms with van der Waals surface area (Å²) in [7, 11) is -9.89. The fraction of sp³-hybridized carbons (Fsp3) is 0.943. The second kappa shape index (κ2) is 64.8. The molecule has 0 fully saturated rings. The molecule has 0 aromatic carbocycles. The van der Waals surface area contributed by atoms with Gasteiger partial charge in [0.15, 0.2) is 12.2 Å². The van der Waals surface area contributed by atoms with Crippen LogP contribution < -0.4 is 0 Å². The minimum absolute atomic E-state index is 0.105. The van der Waals surface area contributed by atoms with E-state index in [0.29, 0.717) is 25.7 Å². The second-order valence-corrected chi connectivity index (χ2v) is 28.2. The number of rotatable bonds is 71. The molecule has 0 heterocycles. The van der Waals surface area contributed by atoms with Gasteiger partial charge in [-0.05, 0) is 25.7 Å². The van der Waals surface area contributed by atoms with E-state index in [2.05, 4.69) is 27.7 Å². The van der Waals surface area contributed by atoms with Crippen molar-refractivity contribution in [3.63, 3.8) is 0 Å². The van der Waals surface area contributed by atoms with E-state index in [-0.39, 0.29) is 25.7 Å². The first kappa shape index (κ1) is 87.1. The van der Waals surface area contributed by atoms with Gasteiger partial charge >= 0.3 is 39.5 Å². The molecule has 2 unspecified atom stereocenters. The van der Waals surface area contributed by atoms with Gasteiger partial charge in [-0.3, -0.25) is 37.3 Å². The van der Waals surface area contributed by atoms with Crippen molar-refractivity contribution in [1.82, 2.24) is 0 Å². The number of phosphoric ester groups is 2. The third-order valence-electron chi connectivity index (χ3n) is 16.4. The van der Waals surface area contributed by atoms with Gasteiger partial charge in [0.2, 0.25) is 0 Å². The number of carbonyl (C=O) groups excluding carboxylic acids is 4. The lowest BCUT2D eigenvalue weighted by Gasteiger charge is -2.21. The Labute approximate surface area is 543 Å². The summed E-state index contributed by atoms with van der Waals surface area (Å²) in [6.07, 6.45) is 52.9. The molecule has 0 bridgehead atoms. The van der Waals surface area contributed by atoms with Crippen LogP contribution in [0.15, 0.2) is 0 Å². The fourth-order valence-electron chi connectivity index (χ4n) is 10.7. The lowest BCUT2D eigenvalue weighted by atomic mass is 10.0. The van der Waals surface area contributed by atoms with Gasteiger partial charge in [0.05, 0.1) is 26.4 Å². The predicted molar refractivity (Wildman–Crippen MR) is 359 cm³/mol. The molecule has 0 amide bonds. The number of aliphatic hydroxyl groups excluding tert-OH is 1. The molecular weight excluding hydrogens is 1170 g/mol. The lowest BCUT2D eigenvalue weighted by Crippen LogP contribution is -2.30. The summed E-state index contributed by atoms with van der Waals surface area (Å²) in [4.78, 5) is 72.3. The van der Waals surface area contributed by atoms with Crippen molar-refractivity contribution in [2.24, 2.45) is 0 Å². The van der Waals surface area contributed by atoms with E-state index in [1.54, 1.807) is 0 Å². The van der Waals surface area contributed by atoms with Crippen LogP contribution in [0.25, 0.3) is 0 Å². The van der Waals surface area contributed by atoms with Gasteiger partial charge in [-0.25, -0.2) is 9.13 Å². The van der Waals surface area contributed by atoms with Gasteiger partial charge in [-0.15, -0.1) is 0 Å². The third-order valence-corrected chi connectivity index (χ3v) is 18.3. The average Bonchev–Trinajstić information content (AvgIpc) is 3.57. The minimum Gasteiger partial charge on any atom is -0.462 e. The summed E-state index contributed by atoms with van der Waals surface area (Å²) in [6.45, 7) is 4.89. The van der Waals surface area contributed by atoms with Gasteiger partial charge in [-0.2, -0.15) is 0 Å². The number of ether oxygens (including phenoxy) is 4. The van der Waals surface area contributed by atoms with Gasteiger partial charge in [0.25, 0.3) is 0 Å². The predicted octanol–water partition coefficient (Wildman–Crippen LogP) is 20.3. The highest BCUT2D eigenvalue weighted by atomic mass is 31.2. The van der Waals surface area contributed by atoms with Crippen LogP contribution in [0.5, 0.6) is 0 Å². The maximum absolute atomic E-state index is 13.0. The van der Waals surface area contributed by atoms with Gasteiger partial charge in [-0.1, -0.05) is 317 Å². The Morgan fingerprint density at radius 3 is 0.663 bits per heavy atom. The van der Waals surface area contributed by atoms with Crippen molar-refractivity contribution in [2.75, 3.05) is 39.6 Å². The van der Waals surface area contributed by atoms with Crippen molar-refractivity contribution in [1.29, 1.82) is 0 Å². The second-order valence-electron chi connectivity index (χ2n) is 25.3. The quantitative estimate of drug-likeness (QED) is 0.0222. The van der Waals surface area contributed by atoms with Gasteiger partial charge in [0.1, 0.15) is 19.3 Å². The SMILES string of the molecule is CCCCCCCCCCCCCCCCCCCCCCC(=O)O[C@H](COC(=O)CCCCCCCCCCCCCCC)COP(=O)(O)OC[C@@H](O)COP(=O)(O)OC[C@@H](COC(=O)CCCCCCCCCC)OC(=O)CCCCCCCCCC. The molecule has 17 nitrogen and oxygen atoms in total. The maximum Gasteiger partial charge on any atom is 0.472 e. The van der Waals surface area contributed by atoms with E-state index in [1.807, 2.05) is 0 Å². The van der Waals surface area contributed by atoms with Crippen molar-refractivity contribution in [3.05, 3.63) is 0 Å². The molecule has 0 saturated carbocycles. The summed E-state index contributed by atoms with van der Waals surface area (Å²) < 4.78 is 68.1. The Morgan fingerprint density at radius 2 is 0.449 bits per heavy atom. The monoisotopic (exact) mass is 1310 g/mol. The zero-order chi connectivity index (χ0) is 65.4. The van der Waals surface area contributed by atoms with E-state index in [0.717, 1.165) is 103 Å². The van der Waals surface area contributed by atoms with Crippen molar-refractivity contribution < 1.29 is 80.2 Å². The number of carbonyl (C=O) groups is 4. The Bertz CT molecular complexity index is 1710. The summed E-state index contributed by atoms with van der Waals surface area (Å²) in [6, 6.07) is 0. The highest BCUT2D eigenvalue weighted by molar-refractivity contribution is 7.47. The van der Waals surface area contributed by atoms with E-state index in [4.69, 9.17) is 37.0 Å². The maximum atomic E-state index is 13.0. The van der Waals surface area contributed by atoms with Crippen LogP contribution in [0.4, 0.5) is 0 Å². The zero-order valence-corrected chi connectivity index (χ0v) is 59.2. The molecule has 528 valence electrons. The van der Waals surface area contributed by atoms with E-state index in [1.165, 1.54) is 186 Å². The van der Waals surface area contributed by atoms with Crippen molar-refractivity contribution in [3.8, 4) is 0 Å². The molecular formula is C70H136O17P2. The third kappa shape index (κ3) is 64.6. The minimum atomic E-state index is -4.95. The van der Waals surface area contributed by atoms with Crippen LogP contribution in [0.3, 0.4) is 0 Å². The van der Waals surface area contributed by atoms with Crippen LogP contribution in [0.2, 0.25) is 0 Å². The van der Waals surface area contributed by atoms with Gasteiger partial charge < -0.3 is 33.8 Å². The summed E-state index contributed by atoms with van der Waals surface area (Å²) in [5, 5.41) is 10.6. The first-order valence-electron chi connectivity index (χ1n) is 36.8. The van der Waals surface area contributed by atoms with E-state index in [9.17, 15) is 43.2 Å². The lowest BCUT2D eigenvalue weighted by molar-refractivity contribution is -0.161. The molecule has 0 aliphatic heterocycles. The fourth-order valence-corrected chi connectivity index (χ4v) is 12.3. The zero-order valence-electron chi connectivity index (χ0n) is 57.4. The number of aliphatic hydroxyl groups is 1. The van der Waals surface area contributed by atoms with E-state index < -0.39 is 97.5 Å². The number of unbranched alkanes of at least 4 members (excludes halogenated alkanes) is 45. The summed E-state index contributed by atoms with van der Waals surface area (Å²) >= 11 is 0. The largest absolute Gasteiger partial charge is 0.472 e. The molecule has 0 saturated heterocycles. The molecule has 0 aromatic heterocycles. The Morgan fingerprint density at radius 1 is 0.270 bits per heavy atom. The summed E-state index contributed by atoms with van der Waals surface area (Å²) in [5.41, 5.74) is 0. The molecule has 89 heavy (non-hydrogen) atoms. The highest BCUT2D eigenvalue weighted by Gasteiger charge is 2.30. The standard InChI is InChI=1S/C70H136O17P2/c1-5-9-13-17-21-25-27-29-30-31-32-33-34-35-37-39-41-45-49-53-57-70(75)87-66(61-81-68(73)55-51-47-44-40-38-36-28-26-22-18-14-10-6-2)63-85-89(78,79)83-59-64(71)58-82-88(76,77)84-62-65(86-69(74)56-52-48-43-24-20-16-12-8-4)60-80-67(72)54-50-46-42-23-19-15-11-7-3/h64-66,71H,5-63H2,1-4H3,(H,76,77)(H,78,79)/t64-,65+,66+/m0/s1. The first-order valence-corrected chi connectivity index (χ1v) is 39.8. The van der Waals surface area contributed by atoms with Crippen LogP contribution >= 0.6 is 15.6 Å². The number of hydrogen-bond donors (Lipinski definition) is 3. The number of esters is 4.